The fraction of sp³-hybridized carbons (Fsp3) is 0.190. The molecular weight excluding hydrogens is 360 g/mol. The van der Waals surface area contributed by atoms with Crippen LogP contribution in [0.2, 0.25) is 0 Å². The van der Waals surface area contributed by atoms with Crippen LogP contribution in [-0.4, -0.2) is 35.1 Å². The third-order valence-corrected chi connectivity index (χ3v) is 4.33. The van der Waals surface area contributed by atoms with Crippen LogP contribution in [0.25, 0.3) is 10.9 Å². The Morgan fingerprint density at radius 2 is 1.93 bits per heavy atom. The molecule has 0 atom stereocenters. The Hall–Kier alpha value is -3.79. The van der Waals surface area contributed by atoms with Crippen molar-refractivity contribution in [3.63, 3.8) is 0 Å². The first-order chi connectivity index (χ1) is 13.6. The highest BCUT2D eigenvalue weighted by Gasteiger charge is 2.20. The number of Topliss-reactive ketones (excluding diaryl/α,β-unsaturated/α-hetero) is 1. The predicted octanol–water partition coefficient (Wildman–Crippen LogP) is 3.31. The minimum atomic E-state index is -0.821. The molecule has 3 rings (SSSR count). The van der Waals surface area contributed by atoms with Crippen molar-refractivity contribution in [2.24, 2.45) is 0 Å². The Morgan fingerprint density at radius 1 is 1.14 bits per heavy atom. The number of fused-ring (bicyclic) bond motifs is 1. The number of hydrogen-bond donors (Lipinski definition) is 1. The van der Waals surface area contributed by atoms with Gasteiger partial charge in [0.25, 0.3) is 0 Å². The topological polar surface area (TPSA) is 102 Å². The van der Waals surface area contributed by atoms with E-state index in [9.17, 15) is 14.7 Å². The number of carbonyl (C=O) groups excluding carboxylic acids is 2. The van der Waals surface area contributed by atoms with Gasteiger partial charge in [-0.15, -0.1) is 0 Å². The number of nitriles is 1. The van der Waals surface area contributed by atoms with E-state index in [2.05, 4.69) is 6.07 Å². The summed E-state index contributed by atoms with van der Waals surface area (Å²) in [7, 11) is 1.37. The minimum Gasteiger partial charge on any atom is -0.504 e. The third-order valence-electron chi connectivity index (χ3n) is 4.33. The van der Waals surface area contributed by atoms with E-state index >= 15 is 0 Å². The zero-order chi connectivity index (χ0) is 20.1. The Balaban J connectivity index is 1.79. The lowest BCUT2D eigenvalue weighted by Crippen LogP contribution is -2.14. The summed E-state index contributed by atoms with van der Waals surface area (Å²) in [4.78, 5) is 24.9. The molecule has 142 valence electrons. The van der Waals surface area contributed by atoms with Gasteiger partial charge < -0.3 is 19.1 Å². The first-order valence-electron chi connectivity index (χ1n) is 8.58. The van der Waals surface area contributed by atoms with Crippen LogP contribution in [0.3, 0.4) is 0 Å². The molecule has 0 bridgehead atoms. The maximum atomic E-state index is 12.6. The van der Waals surface area contributed by atoms with Gasteiger partial charge in [0.05, 0.1) is 19.6 Å². The van der Waals surface area contributed by atoms with E-state index in [1.54, 1.807) is 18.3 Å². The molecule has 1 N–H and O–H groups in total. The van der Waals surface area contributed by atoms with Crippen LogP contribution in [-0.2, 0) is 11.3 Å². The van der Waals surface area contributed by atoms with Crippen LogP contribution in [0.15, 0.2) is 48.7 Å². The van der Waals surface area contributed by atoms with Gasteiger partial charge in [0.2, 0.25) is 5.78 Å². The maximum Gasteiger partial charge on any atom is 0.342 e. The van der Waals surface area contributed by atoms with Gasteiger partial charge in [0.15, 0.2) is 18.1 Å². The summed E-state index contributed by atoms with van der Waals surface area (Å²) in [5, 5.41) is 19.6. The summed E-state index contributed by atoms with van der Waals surface area (Å²) in [5.41, 5.74) is 1.16. The average Bonchev–Trinajstić information content (AvgIpc) is 3.09. The molecule has 0 saturated heterocycles. The largest absolute Gasteiger partial charge is 0.504 e. The van der Waals surface area contributed by atoms with Gasteiger partial charge >= 0.3 is 5.97 Å². The van der Waals surface area contributed by atoms with Gasteiger partial charge in [0.1, 0.15) is 5.56 Å². The first kappa shape index (κ1) is 19.0. The van der Waals surface area contributed by atoms with E-state index in [1.165, 1.54) is 19.2 Å². The minimum absolute atomic E-state index is 0.0800. The SMILES string of the molecule is COc1cccc(C(=O)OCC(=O)c2cn(CCC#N)c3ccccc23)c1O. The molecule has 0 aliphatic heterocycles. The molecule has 0 fully saturated rings. The Morgan fingerprint density at radius 3 is 2.68 bits per heavy atom. The standard InChI is InChI=1S/C21H18N2O5/c1-27-19-9-4-7-15(20(19)25)21(26)28-13-18(24)16-12-23(11-5-10-22)17-8-3-2-6-14(16)17/h2-4,6-9,12,25H,5,11,13H2,1H3. The van der Waals surface area contributed by atoms with Crippen LogP contribution >= 0.6 is 0 Å². The Labute approximate surface area is 161 Å². The molecule has 0 amide bonds. The fourth-order valence-electron chi connectivity index (χ4n) is 2.96. The van der Waals surface area contributed by atoms with Crippen LogP contribution in [0.5, 0.6) is 11.5 Å². The van der Waals surface area contributed by atoms with Gasteiger partial charge in [-0.3, -0.25) is 4.79 Å². The van der Waals surface area contributed by atoms with E-state index in [4.69, 9.17) is 14.7 Å². The lowest BCUT2D eigenvalue weighted by molar-refractivity contribution is 0.0471. The van der Waals surface area contributed by atoms with E-state index in [1.807, 2.05) is 22.8 Å². The fourth-order valence-corrected chi connectivity index (χ4v) is 2.96. The number of rotatable bonds is 7. The van der Waals surface area contributed by atoms with Gasteiger partial charge in [-0.1, -0.05) is 24.3 Å². The lowest BCUT2D eigenvalue weighted by atomic mass is 10.1. The molecule has 1 heterocycles. The average molecular weight is 378 g/mol. The molecule has 0 radical (unpaired) electrons. The van der Waals surface area contributed by atoms with E-state index < -0.39 is 12.6 Å². The molecule has 0 saturated carbocycles. The summed E-state index contributed by atoms with van der Waals surface area (Å²) in [6, 6.07) is 13.9. The molecule has 7 nitrogen and oxygen atoms in total. The number of hydrogen-bond acceptors (Lipinski definition) is 6. The maximum absolute atomic E-state index is 12.6. The molecular formula is C21H18N2O5. The van der Waals surface area contributed by atoms with E-state index in [-0.39, 0.29) is 22.8 Å². The van der Waals surface area contributed by atoms with E-state index in [0.29, 0.717) is 18.5 Å². The van der Waals surface area contributed by atoms with Crippen molar-refractivity contribution in [3.05, 3.63) is 59.8 Å². The molecule has 2 aromatic carbocycles. The quantitative estimate of drug-likeness (QED) is 0.500. The highest BCUT2D eigenvalue weighted by atomic mass is 16.5. The number of aromatic nitrogens is 1. The predicted molar refractivity (Wildman–Crippen MR) is 101 cm³/mol. The number of carbonyl (C=O) groups is 2. The normalized spacial score (nSPS) is 10.4. The van der Waals surface area contributed by atoms with Crippen molar-refractivity contribution in [1.82, 2.24) is 4.57 Å². The highest BCUT2D eigenvalue weighted by Crippen LogP contribution is 2.30. The second-order valence-corrected chi connectivity index (χ2v) is 6.02. The van der Waals surface area contributed by atoms with Gasteiger partial charge in [-0.05, 0) is 18.2 Å². The number of ketones is 1. The number of phenols is 1. The zero-order valence-electron chi connectivity index (χ0n) is 15.2. The number of esters is 1. The van der Waals surface area contributed by atoms with Crippen molar-refractivity contribution in [1.29, 1.82) is 5.26 Å². The molecule has 7 heteroatoms. The second kappa shape index (κ2) is 8.27. The lowest BCUT2D eigenvalue weighted by Gasteiger charge is -2.08. The Bertz CT molecular complexity index is 1080. The van der Waals surface area contributed by atoms with Gasteiger partial charge in [0, 0.05) is 29.2 Å². The number of ether oxygens (including phenoxy) is 2. The molecule has 0 aliphatic rings. The highest BCUT2D eigenvalue weighted by molar-refractivity contribution is 6.09. The smallest absolute Gasteiger partial charge is 0.342 e. The molecule has 0 aliphatic carbocycles. The zero-order valence-corrected chi connectivity index (χ0v) is 15.2. The van der Waals surface area contributed by atoms with Crippen molar-refractivity contribution >= 4 is 22.7 Å². The van der Waals surface area contributed by atoms with Crippen LogP contribution in [0, 0.1) is 11.3 Å². The summed E-state index contributed by atoms with van der Waals surface area (Å²) >= 11 is 0. The Kier molecular flexibility index (Phi) is 5.61. The molecule has 0 spiro atoms. The summed E-state index contributed by atoms with van der Waals surface area (Å²) in [6.45, 7) is -0.0104. The molecule has 28 heavy (non-hydrogen) atoms. The molecule has 0 unspecified atom stereocenters. The monoisotopic (exact) mass is 378 g/mol. The van der Waals surface area contributed by atoms with Gasteiger partial charge in [-0.2, -0.15) is 5.26 Å². The van der Waals surface area contributed by atoms with Crippen molar-refractivity contribution in [3.8, 4) is 17.6 Å². The number of aromatic hydroxyl groups is 1. The number of phenolic OH excluding ortho intramolecular Hbond substituents is 1. The number of aryl methyl sites for hydroxylation is 1. The second-order valence-electron chi connectivity index (χ2n) is 6.02. The van der Waals surface area contributed by atoms with Crippen LogP contribution < -0.4 is 4.74 Å². The summed E-state index contributed by atoms with van der Waals surface area (Å²) < 4.78 is 11.9. The summed E-state index contributed by atoms with van der Waals surface area (Å²) in [6.07, 6.45) is 1.98. The summed E-state index contributed by atoms with van der Waals surface area (Å²) in [5.74, 6) is -1.39. The number of methoxy groups -OCH3 is 1. The van der Waals surface area contributed by atoms with Crippen LogP contribution in [0.1, 0.15) is 27.1 Å². The molecule has 3 aromatic rings. The van der Waals surface area contributed by atoms with Crippen molar-refractivity contribution in [2.45, 2.75) is 13.0 Å². The molecule has 1 aromatic heterocycles. The third kappa shape index (κ3) is 3.67. The number of nitrogens with zero attached hydrogens (tertiary/aromatic N) is 2. The van der Waals surface area contributed by atoms with Gasteiger partial charge in [-0.25, -0.2) is 4.79 Å². The van der Waals surface area contributed by atoms with Crippen molar-refractivity contribution in [2.75, 3.05) is 13.7 Å². The number of benzene rings is 2. The number of para-hydroxylation sites is 2. The first-order valence-corrected chi connectivity index (χ1v) is 8.58. The van der Waals surface area contributed by atoms with Crippen LogP contribution in [0.4, 0.5) is 0 Å². The van der Waals surface area contributed by atoms with E-state index in [0.717, 1.165) is 10.9 Å². The van der Waals surface area contributed by atoms with Crippen molar-refractivity contribution < 1.29 is 24.2 Å².